The van der Waals surface area contributed by atoms with Crippen molar-refractivity contribution >= 4 is 0 Å². The van der Waals surface area contributed by atoms with Crippen molar-refractivity contribution in [1.29, 1.82) is 0 Å². The Kier molecular flexibility index (Phi) is 1.99. The SMILES string of the molecule is O=[N+]([O-])C1=CC=CCC=C1. The van der Waals surface area contributed by atoms with Gasteiger partial charge in [0.05, 0.1) is 4.92 Å². The molecule has 52 valence electrons. The van der Waals surface area contributed by atoms with Crippen molar-refractivity contribution in [1.82, 2.24) is 0 Å². The highest BCUT2D eigenvalue weighted by atomic mass is 16.6. The molecule has 10 heavy (non-hydrogen) atoms. The molecule has 3 heteroatoms. The molecule has 0 aromatic rings. The van der Waals surface area contributed by atoms with E-state index in [1.807, 2.05) is 6.08 Å². The predicted molar refractivity (Wildman–Crippen MR) is 38.0 cm³/mol. The van der Waals surface area contributed by atoms with Crippen LogP contribution in [-0.2, 0) is 0 Å². The largest absolute Gasteiger partial charge is 0.269 e. The van der Waals surface area contributed by atoms with Gasteiger partial charge in [-0.05, 0) is 6.42 Å². The van der Waals surface area contributed by atoms with Crippen LogP contribution >= 0.6 is 0 Å². The summed E-state index contributed by atoms with van der Waals surface area (Å²) in [6, 6.07) is 0. The second-order valence-electron chi connectivity index (χ2n) is 1.91. The zero-order valence-electron chi connectivity index (χ0n) is 5.36. The minimum atomic E-state index is -0.397. The van der Waals surface area contributed by atoms with E-state index in [0.717, 1.165) is 6.42 Å². The zero-order valence-corrected chi connectivity index (χ0v) is 5.36. The molecule has 0 saturated heterocycles. The van der Waals surface area contributed by atoms with Crippen molar-refractivity contribution in [2.24, 2.45) is 0 Å². The first-order chi connectivity index (χ1) is 4.80. The molecule has 0 amide bonds. The maximum Gasteiger partial charge on any atom is 0.269 e. The molecule has 1 aliphatic carbocycles. The van der Waals surface area contributed by atoms with E-state index in [-0.39, 0.29) is 5.70 Å². The first-order valence-electron chi connectivity index (χ1n) is 2.98. The Bertz CT molecular complexity index is 226. The number of allylic oxidation sites excluding steroid dienone is 5. The van der Waals surface area contributed by atoms with Crippen molar-refractivity contribution in [2.75, 3.05) is 0 Å². The number of rotatable bonds is 1. The Morgan fingerprint density at radius 3 is 3.00 bits per heavy atom. The molecule has 0 radical (unpaired) electrons. The lowest BCUT2D eigenvalue weighted by molar-refractivity contribution is -0.419. The fourth-order valence-electron chi connectivity index (χ4n) is 0.690. The van der Waals surface area contributed by atoms with E-state index in [1.165, 1.54) is 12.2 Å². The number of hydrogen-bond acceptors (Lipinski definition) is 2. The van der Waals surface area contributed by atoms with E-state index in [9.17, 15) is 10.1 Å². The van der Waals surface area contributed by atoms with Crippen LogP contribution in [0.15, 0.2) is 36.1 Å². The molecule has 0 aliphatic heterocycles. The van der Waals surface area contributed by atoms with E-state index < -0.39 is 4.92 Å². The minimum absolute atomic E-state index is 0.147. The molecular formula is C7H7NO2. The second kappa shape index (κ2) is 2.96. The van der Waals surface area contributed by atoms with E-state index in [0.29, 0.717) is 0 Å². The molecule has 0 N–H and O–H groups in total. The van der Waals surface area contributed by atoms with Gasteiger partial charge >= 0.3 is 0 Å². The van der Waals surface area contributed by atoms with Gasteiger partial charge in [0, 0.05) is 12.2 Å². The summed E-state index contributed by atoms with van der Waals surface area (Å²) >= 11 is 0. The van der Waals surface area contributed by atoms with Crippen LogP contribution in [0.4, 0.5) is 0 Å². The van der Waals surface area contributed by atoms with Gasteiger partial charge in [-0.25, -0.2) is 0 Å². The summed E-state index contributed by atoms with van der Waals surface area (Å²) in [5.74, 6) is 0. The van der Waals surface area contributed by atoms with Crippen LogP contribution in [0.5, 0.6) is 0 Å². The average molecular weight is 137 g/mol. The molecule has 3 nitrogen and oxygen atoms in total. The van der Waals surface area contributed by atoms with Gasteiger partial charge in [0.1, 0.15) is 0 Å². The van der Waals surface area contributed by atoms with E-state index >= 15 is 0 Å². The molecule has 1 rings (SSSR count). The van der Waals surface area contributed by atoms with Gasteiger partial charge in [0.25, 0.3) is 5.70 Å². The molecule has 0 saturated carbocycles. The molecule has 1 aliphatic rings. The van der Waals surface area contributed by atoms with Gasteiger partial charge in [0.15, 0.2) is 0 Å². The Labute approximate surface area is 58.5 Å². The van der Waals surface area contributed by atoms with E-state index in [1.54, 1.807) is 12.2 Å². The van der Waals surface area contributed by atoms with Crippen LogP contribution in [0.1, 0.15) is 6.42 Å². The molecule has 0 spiro atoms. The van der Waals surface area contributed by atoms with Gasteiger partial charge in [-0.2, -0.15) is 0 Å². The van der Waals surface area contributed by atoms with Crippen molar-refractivity contribution in [3.05, 3.63) is 46.2 Å². The van der Waals surface area contributed by atoms with Crippen LogP contribution < -0.4 is 0 Å². The van der Waals surface area contributed by atoms with Crippen molar-refractivity contribution in [2.45, 2.75) is 6.42 Å². The van der Waals surface area contributed by atoms with Crippen LogP contribution in [0, 0.1) is 10.1 Å². The predicted octanol–water partition coefficient (Wildman–Crippen LogP) is 1.66. The molecule has 0 heterocycles. The maximum absolute atomic E-state index is 10.2. The Morgan fingerprint density at radius 2 is 2.30 bits per heavy atom. The first-order valence-corrected chi connectivity index (χ1v) is 2.98. The third-order valence-corrected chi connectivity index (χ3v) is 1.17. The summed E-state index contributed by atoms with van der Waals surface area (Å²) in [7, 11) is 0. The summed E-state index contributed by atoms with van der Waals surface area (Å²) in [4.78, 5) is 9.76. The number of hydrogen-bond donors (Lipinski definition) is 0. The molecule has 0 atom stereocenters. The highest BCUT2D eigenvalue weighted by Crippen LogP contribution is 2.03. The fraction of sp³-hybridized carbons (Fsp3) is 0.143. The lowest BCUT2D eigenvalue weighted by Crippen LogP contribution is -1.93. The lowest BCUT2D eigenvalue weighted by Gasteiger charge is -1.84. The quantitative estimate of drug-likeness (QED) is 0.407. The molecular weight excluding hydrogens is 130 g/mol. The molecule has 0 fully saturated rings. The van der Waals surface area contributed by atoms with Crippen LogP contribution in [0.25, 0.3) is 0 Å². The maximum atomic E-state index is 10.2. The summed E-state index contributed by atoms with van der Waals surface area (Å²) in [6.07, 6.45) is 9.10. The first kappa shape index (κ1) is 6.74. The fourth-order valence-corrected chi connectivity index (χ4v) is 0.690. The van der Waals surface area contributed by atoms with Crippen molar-refractivity contribution < 1.29 is 4.92 Å². The number of nitro groups is 1. The van der Waals surface area contributed by atoms with Gasteiger partial charge < -0.3 is 0 Å². The van der Waals surface area contributed by atoms with Crippen LogP contribution in [-0.4, -0.2) is 4.92 Å². The Balaban J connectivity index is 2.83. The second-order valence-corrected chi connectivity index (χ2v) is 1.91. The zero-order chi connectivity index (χ0) is 7.40. The molecule has 0 aromatic carbocycles. The monoisotopic (exact) mass is 137 g/mol. The normalized spacial score (nSPS) is 16.2. The molecule has 0 bridgehead atoms. The Hall–Kier alpha value is -1.38. The summed E-state index contributed by atoms with van der Waals surface area (Å²) in [6.45, 7) is 0. The minimum Gasteiger partial charge on any atom is -0.258 e. The highest BCUT2D eigenvalue weighted by Gasteiger charge is 2.03. The van der Waals surface area contributed by atoms with E-state index in [2.05, 4.69) is 0 Å². The molecule has 0 unspecified atom stereocenters. The van der Waals surface area contributed by atoms with Crippen molar-refractivity contribution in [3.8, 4) is 0 Å². The van der Waals surface area contributed by atoms with Gasteiger partial charge in [-0.1, -0.05) is 18.2 Å². The smallest absolute Gasteiger partial charge is 0.258 e. The van der Waals surface area contributed by atoms with Crippen LogP contribution in [0.2, 0.25) is 0 Å². The standard InChI is InChI=1S/C7H7NO2/c9-8(10)7-5-3-1-2-4-6-7/h1,3-6H,2H2. The summed E-state index contributed by atoms with van der Waals surface area (Å²) in [5.41, 5.74) is 0.147. The Morgan fingerprint density at radius 1 is 1.50 bits per heavy atom. The van der Waals surface area contributed by atoms with Crippen molar-refractivity contribution in [3.63, 3.8) is 0 Å². The van der Waals surface area contributed by atoms with Crippen LogP contribution in [0.3, 0.4) is 0 Å². The summed E-state index contributed by atoms with van der Waals surface area (Å²) in [5, 5.41) is 10.2. The van der Waals surface area contributed by atoms with Gasteiger partial charge in [-0.15, -0.1) is 0 Å². The molecule has 0 aromatic heterocycles. The van der Waals surface area contributed by atoms with E-state index in [4.69, 9.17) is 0 Å². The topological polar surface area (TPSA) is 43.1 Å². The van der Waals surface area contributed by atoms with Gasteiger partial charge in [-0.3, -0.25) is 10.1 Å². The highest BCUT2D eigenvalue weighted by molar-refractivity contribution is 5.21. The average Bonchev–Trinajstić information content (AvgIpc) is 2.12. The third-order valence-electron chi connectivity index (χ3n) is 1.17. The lowest BCUT2D eigenvalue weighted by atomic mass is 10.4. The number of nitrogens with zero attached hydrogens (tertiary/aromatic N) is 1. The summed E-state index contributed by atoms with van der Waals surface area (Å²) < 4.78 is 0. The van der Waals surface area contributed by atoms with Gasteiger partial charge in [0.2, 0.25) is 0 Å². The third kappa shape index (κ3) is 1.55.